The van der Waals surface area contributed by atoms with Crippen molar-refractivity contribution in [3.8, 4) is 5.88 Å². The summed E-state index contributed by atoms with van der Waals surface area (Å²) >= 11 is 0. The fraction of sp³-hybridized carbons (Fsp3) is 0.438. The Morgan fingerprint density at radius 3 is 2.63 bits per heavy atom. The first-order chi connectivity index (χ1) is 9.24. The van der Waals surface area contributed by atoms with Crippen molar-refractivity contribution >= 4 is 10.9 Å². The highest BCUT2D eigenvalue weighted by molar-refractivity contribution is 5.76. The van der Waals surface area contributed by atoms with Crippen molar-refractivity contribution in [2.75, 3.05) is 0 Å². The largest absolute Gasteiger partial charge is 0.616 e. The van der Waals surface area contributed by atoms with Gasteiger partial charge >= 0.3 is 5.88 Å². The smallest absolute Gasteiger partial charge is 0.380 e. The standard InChI is InChI=1S/C16H21NO2/c1-2-3-4-5-6-10-14-12-13-9-7-8-11-15(13)17(19)16(14)18/h7-9,11-12,18H,2-6,10H2,1H3. The van der Waals surface area contributed by atoms with Crippen LogP contribution < -0.4 is 4.73 Å². The van der Waals surface area contributed by atoms with Crippen LogP contribution in [0.1, 0.15) is 44.6 Å². The van der Waals surface area contributed by atoms with E-state index < -0.39 is 0 Å². The topological polar surface area (TPSA) is 47.2 Å². The molecule has 3 nitrogen and oxygen atoms in total. The number of hydrogen-bond acceptors (Lipinski definition) is 2. The second-order valence-corrected chi connectivity index (χ2v) is 5.01. The predicted molar refractivity (Wildman–Crippen MR) is 77.0 cm³/mol. The van der Waals surface area contributed by atoms with E-state index in [9.17, 15) is 10.3 Å². The molecule has 1 aromatic carbocycles. The molecule has 0 radical (unpaired) electrons. The number of nitrogens with zero attached hydrogens (tertiary/aromatic N) is 1. The van der Waals surface area contributed by atoms with Crippen molar-refractivity contribution < 1.29 is 9.84 Å². The quantitative estimate of drug-likeness (QED) is 0.488. The van der Waals surface area contributed by atoms with Crippen LogP contribution in [0.25, 0.3) is 10.9 Å². The first-order valence-corrected chi connectivity index (χ1v) is 7.07. The SMILES string of the molecule is CCCCCCCc1cc2ccccc2[n+]([O-])c1O. The number of rotatable bonds is 6. The number of pyridine rings is 1. The highest BCUT2D eigenvalue weighted by Gasteiger charge is 2.15. The molecular formula is C16H21NO2. The molecule has 0 aliphatic carbocycles. The van der Waals surface area contributed by atoms with Gasteiger partial charge in [0.2, 0.25) is 5.52 Å². The number of hydrogen-bond donors (Lipinski definition) is 1. The molecule has 1 aromatic heterocycles. The summed E-state index contributed by atoms with van der Waals surface area (Å²) in [5, 5.41) is 22.8. The summed E-state index contributed by atoms with van der Waals surface area (Å²) < 4.78 is 0.636. The Hall–Kier alpha value is -1.77. The molecule has 0 aliphatic rings. The highest BCUT2D eigenvalue weighted by Crippen LogP contribution is 2.21. The highest BCUT2D eigenvalue weighted by atomic mass is 16.5. The Bertz CT molecular complexity index is 552. The maximum atomic E-state index is 12.0. The lowest BCUT2D eigenvalue weighted by atomic mass is 10.0. The number of aryl methyl sites for hydroxylation is 1. The normalized spacial score (nSPS) is 11.0. The Balaban J connectivity index is 2.12. The van der Waals surface area contributed by atoms with Gasteiger partial charge < -0.3 is 10.3 Å². The van der Waals surface area contributed by atoms with Gasteiger partial charge in [0.15, 0.2) is 0 Å². The number of aromatic hydroxyl groups is 1. The Labute approximate surface area is 114 Å². The molecule has 0 saturated carbocycles. The summed E-state index contributed by atoms with van der Waals surface area (Å²) in [6, 6.07) is 9.28. The second-order valence-electron chi connectivity index (χ2n) is 5.01. The molecule has 2 rings (SSSR count). The first-order valence-electron chi connectivity index (χ1n) is 7.07. The Kier molecular flexibility index (Phi) is 4.61. The van der Waals surface area contributed by atoms with Crippen molar-refractivity contribution in [3.63, 3.8) is 0 Å². The molecule has 2 aromatic rings. The monoisotopic (exact) mass is 259 g/mol. The summed E-state index contributed by atoms with van der Waals surface area (Å²) in [5.41, 5.74) is 1.28. The molecule has 1 N–H and O–H groups in total. The van der Waals surface area contributed by atoms with Gasteiger partial charge in [-0.25, -0.2) is 0 Å². The van der Waals surface area contributed by atoms with Gasteiger partial charge in [-0.05, 0) is 25.0 Å². The van der Waals surface area contributed by atoms with Gasteiger partial charge in [-0.2, -0.15) is 0 Å². The summed E-state index contributed by atoms with van der Waals surface area (Å²) in [6.45, 7) is 2.19. The minimum absolute atomic E-state index is 0.144. The maximum Gasteiger partial charge on any atom is 0.380 e. The van der Waals surface area contributed by atoms with Crippen molar-refractivity contribution in [1.82, 2.24) is 0 Å². The number of aromatic nitrogens is 1. The zero-order valence-electron chi connectivity index (χ0n) is 11.4. The van der Waals surface area contributed by atoms with Crippen molar-refractivity contribution in [3.05, 3.63) is 41.1 Å². The third-order valence-corrected chi connectivity index (χ3v) is 3.51. The Morgan fingerprint density at radius 2 is 1.84 bits per heavy atom. The minimum Gasteiger partial charge on any atom is -0.616 e. The van der Waals surface area contributed by atoms with Crippen molar-refractivity contribution in [2.24, 2.45) is 0 Å². The molecule has 19 heavy (non-hydrogen) atoms. The average molecular weight is 259 g/mol. The van der Waals surface area contributed by atoms with Crippen LogP contribution in [0.5, 0.6) is 5.88 Å². The lowest BCUT2D eigenvalue weighted by Gasteiger charge is -2.08. The third kappa shape index (κ3) is 3.16. The van der Waals surface area contributed by atoms with Crippen LogP contribution in [-0.4, -0.2) is 5.11 Å². The molecule has 0 fully saturated rings. The summed E-state index contributed by atoms with van der Waals surface area (Å²) in [6.07, 6.45) is 6.64. The van der Waals surface area contributed by atoms with Gasteiger partial charge in [-0.1, -0.05) is 44.7 Å². The number of para-hydroxylation sites is 1. The van der Waals surface area contributed by atoms with Gasteiger partial charge in [-0.15, -0.1) is 4.73 Å². The molecular weight excluding hydrogens is 238 g/mol. The lowest BCUT2D eigenvalue weighted by molar-refractivity contribution is -0.586. The van der Waals surface area contributed by atoms with E-state index in [0.717, 1.165) is 30.2 Å². The van der Waals surface area contributed by atoms with Gasteiger partial charge in [0.05, 0.1) is 5.56 Å². The van der Waals surface area contributed by atoms with Crippen LogP contribution in [0.15, 0.2) is 30.3 Å². The number of unbranched alkanes of at least 4 members (excludes halogenated alkanes) is 4. The minimum atomic E-state index is -0.144. The zero-order valence-corrected chi connectivity index (χ0v) is 11.4. The summed E-state index contributed by atoms with van der Waals surface area (Å²) in [7, 11) is 0. The van der Waals surface area contributed by atoms with Gasteiger partial charge in [0.25, 0.3) is 0 Å². The van der Waals surface area contributed by atoms with Crippen LogP contribution in [-0.2, 0) is 6.42 Å². The molecule has 0 amide bonds. The van der Waals surface area contributed by atoms with Gasteiger partial charge in [0.1, 0.15) is 0 Å². The molecule has 0 saturated heterocycles. The fourth-order valence-electron chi connectivity index (χ4n) is 2.39. The first kappa shape index (κ1) is 13.7. The van der Waals surface area contributed by atoms with E-state index in [4.69, 9.17) is 0 Å². The summed E-state index contributed by atoms with van der Waals surface area (Å²) in [5.74, 6) is -0.144. The van der Waals surface area contributed by atoms with Crippen molar-refractivity contribution in [1.29, 1.82) is 0 Å². The predicted octanol–water partition coefficient (Wildman–Crippen LogP) is 3.69. The molecule has 1 heterocycles. The lowest BCUT2D eigenvalue weighted by Crippen LogP contribution is -2.28. The van der Waals surface area contributed by atoms with E-state index in [-0.39, 0.29) is 5.88 Å². The van der Waals surface area contributed by atoms with Gasteiger partial charge in [-0.3, -0.25) is 0 Å². The van der Waals surface area contributed by atoms with Gasteiger partial charge in [0, 0.05) is 11.5 Å². The van der Waals surface area contributed by atoms with Crippen LogP contribution in [0.3, 0.4) is 0 Å². The van der Waals surface area contributed by atoms with E-state index in [0.29, 0.717) is 10.2 Å². The van der Waals surface area contributed by atoms with Crippen molar-refractivity contribution in [2.45, 2.75) is 45.4 Å². The molecule has 102 valence electrons. The molecule has 0 atom stereocenters. The molecule has 0 spiro atoms. The molecule has 0 aliphatic heterocycles. The summed E-state index contributed by atoms with van der Waals surface area (Å²) in [4.78, 5) is 0. The number of fused-ring (bicyclic) bond motifs is 1. The number of benzene rings is 1. The van der Waals surface area contributed by atoms with Crippen LogP contribution in [0.4, 0.5) is 0 Å². The Morgan fingerprint density at radius 1 is 1.11 bits per heavy atom. The van der Waals surface area contributed by atoms with E-state index in [1.807, 2.05) is 18.2 Å². The van der Waals surface area contributed by atoms with Crippen LogP contribution in [0.2, 0.25) is 0 Å². The molecule has 0 bridgehead atoms. The fourth-order valence-corrected chi connectivity index (χ4v) is 2.39. The second kappa shape index (κ2) is 6.41. The molecule has 0 unspecified atom stereocenters. The van der Waals surface area contributed by atoms with E-state index >= 15 is 0 Å². The van der Waals surface area contributed by atoms with E-state index in [1.54, 1.807) is 12.1 Å². The average Bonchev–Trinajstić information content (AvgIpc) is 2.44. The maximum absolute atomic E-state index is 12.0. The van der Waals surface area contributed by atoms with E-state index in [1.165, 1.54) is 19.3 Å². The zero-order chi connectivity index (χ0) is 13.7. The van der Waals surface area contributed by atoms with Crippen LogP contribution >= 0.6 is 0 Å². The molecule has 3 heteroatoms. The van der Waals surface area contributed by atoms with Crippen LogP contribution in [0, 0.1) is 5.21 Å². The van der Waals surface area contributed by atoms with E-state index in [2.05, 4.69) is 6.92 Å². The third-order valence-electron chi connectivity index (χ3n) is 3.51.